The second kappa shape index (κ2) is 5.92. The number of aromatic nitrogens is 1. The number of amides is 1. The van der Waals surface area contributed by atoms with Crippen LogP contribution in [0.25, 0.3) is 10.9 Å². The normalized spacial score (nSPS) is 13.8. The summed E-state index contributed by atoms with van der Waals surface area (Å²) in [6.07, 6.45) is 2.92. The van der Waals surface area contributed by atoms with Crippen LogP contribution in [0.1, 0.15) is 21.5 Å². The lowest BCUT2D eigenvalue weighted by molar-refractivity contribution is 0.0747. The average Bonchev–Trinajstić information content (AvgIpc) is 2.83. The number of ether oxygens (including phenoxy) is 1. The van der Waals surface area contributed by atoms with Crippen LogP contribution in [0.4, 0.5) is 4.39 Å². The number of nitrogens with zero attached hydrogens (tertiary/aromatic N) is 2. The van der Waals surface area contributed by atoms with Gasteiger partial charge in [-0.15, -0.1) is 0 Å². The summed E-state index contributed by atoms with van der Waals surface area (Å²) in [5.41, 5.74) is 3.91. The highest BCUT2D eigenvalue weighted by Crippen LogP contribution is 2.29. The van der Waals surface area contributed by atoms with Crippen molar-refractivity contribution in [1.29, 1.82) is 0 Å². The maximum atomic E-state index is 14.0. The third-order valence-electron chi connectivity index (χ3n) is 4.88. The van der Waals surface area contributed by atoms with Gasteiger partial charge in [0.2, 0.25) is 0 Å². The fourth-order valence-corrected chi connectivity index (χ4v) is 3.64. The number of rotatable bonds is 2. The molecular weight excluding hydrogens is 319 g/mol. The van der Waals surface area contributed by atoms with Crippen LogP contribution in [0.5, 0.6) is 5.75 Å². The minimum Gasteiger partial charge on any atom is -0.494 e. The van der Waals surface area contributed by atoms with Crippen LogP contribution in [0.2, 0.25) is 0 Å². The maximum absolute atomic E-state index is 14.0. The second-order valence-electron chi connectivity index (χ2n) is 6.40. The zero-order valence-corrected chi connectivity index (χ0v) is 14.3. The monoisotopic (exact) mass is 338 g/mol. The van der Waals surface area contributed by atoms with E-state index in [9.17, 15) is 9.18 Å². The Morgan fingerprint density at radius 1 is 1.20 bits per heavy atom. The van der Waals surface area contributed by atoms with Crippen molar-refractivity contribution in [3.8, 4) is 5.75 Å². The molecule has 1 aliphatic rings. The molecule has 2 heterocycles. The third-order valence-corrected chi connectivity index (χ3v) is 4.88. The van der Waals surface area contributed by atoms with E-state index in [-0.39, 0.29) is 11.7 Å². The van der Waals surface area contributed by atoms with E-state index in [1.807, 2.05) is 13.1 Å². The molecule has 128 valence electrons. The number of carbonyl (C=O) groups excluding carboxylic acids is 1. The molecule has 4 nitrogen and oxygen atoms in total. The molecule has 0 fully saturated rings. The van der Waals surface area contributed by atoms with Gasteiger partial charge in [0, 0.05) is 42.8 Å². The van der Waals surface area contributed by atoms with Crippen molar-refractivity contribution in [3.05, 3.63) is 65.1 Å². The van der Waals surface area contributed by atoms with Crippen LogP contribution >= 0.6 is 0 Å². The van der Waals surface area contributed by atoms with E-state index in [1.54, 1.807) is 11.0 Å². The van der Waals surface area contributed by atoms with Crippen molar-refractivity contribution in [2.75, 3.05) is 13.7 Å². The highest BCUT2D eigenvalue weighted by atomic mass is 19.1. The number of aryl methyl sites for hydroxylation is 1. The van der Waals surface area contributed by atoms with Gasteiger partial charge in [-0.25, -0.2) is 4.39 Å². The van der Waals surface area contributed by atoms with Gasteiger partial charge < -0.3 is 14.2 Å². The van der Waals surface area contributed by atoms with Crippen molar-refractivity contribution in [2.45, 2.75) is 13.0 Å². The van der Waals surface area contributed by atoms with Gasteiger partial charge >= 0.3 is 0 Å². The van der Waals surface area contributed by atoms with Crippen LogP contribution in [-0.2, 0) is 20.0 Å². The maximum Gasteiger partial charge on any atom is 0.254 e. The highest BCUT2D eigenvalue weighted by Gasteiger charge is 2.23. The molecule has 0 atom stereocenters. The Balaban J connectivity index is 1.68. The minimum absolute atomic E-state index is 0.144. The molecule has 2 aromatic carbocycles. The van der Waals surface area contributed by atoms with Gasteiger partial charge in [0.15, 0.2) is 11.6 Å². The summed E-state index contributed by atoms with van der Waals surface area (Å²) in [4.78, 5) is 14.7. The Kier molecular flexibility index (Phi) is 3.71. The molecular formula is C20H19FN2O2. The van der Waals surface area contributed by atoms with E-state index < -0.39 is 5.82 Å². The van der Waals surface area contributed by atoms with Gasteiger partial charge in [0.25, 0.3) is 5.91 Å². The van der Waals surface area contributed by atoms with Crippen LogP contribution in [0.15, 0.2) is 42.6 Å². The van der Waals surface area contributed by atoms with E-state index in [0.29, 0.717) is 18.7 Å². The SMILES string of the molecule is COc1ccc(C(=O)N2CCc3cn(C)c4cccc(c34)C2)cc1F. The molecule has 1 aliphatic heterocycles. The molecule has 0 radical (unpaired) electrons. The van der Waals surface area contributed by atoms with Crippen LogP contribution < -0.4 is 4.74 Å². The third kappa shape index (κ3) is 2.56. The summed E-state index contributed by atoms with van der Waals surface area (Å²) in [5.74, 6) is -0.535. The highest BCUT2D eigenvalue weighted by molar-refractivity contribution is 5.95. The standard InChI is InChI=1S/C20H19FN2O2/c1-22-11-15-8-9-23(12-14-4-3-5-17(22)19(14)15)20(24)13-6-7-18(25-2)16(21)10-13/h3-7,10-11H,8-9,12H2,1-2H3. The lowest BCUT2D eigenvalue weighted by Crippen LogP contribution is -2.31. The van der Waals surface area contributed by atoms with E-state index in [0.717, 1.165) is 12.0 Å². The first-order chi connectivity index (χ1) is 12.1. The van der Waals surface area contributed by atoms with Crippen molar-refractivity contribution < 1.29 is 13.9 Å². The molecule has 0 unspecified atom stereocenters. The molecule has 5 heteroatoms. The second-order valence-corrected chi connectivity index (χ2v) is 6.40. The number of hydrogen-bond donors (Lipinski definition) is 0. The predicted molar refractivity (Wildman–Crippen MR) is 94.3 cm³/mol. The Morgan fingerprint density at radius 3 is 2.80 bits per heavy atom. The number of hydrogen-bond acceptors (Lipinski definition) is 2. The van der Waals surface area contributed by atoms with Gasteiger partial charge in [-0.2, -0.15) is 0 Å². The summed E-state index contributed by atoms with van der Waals surface area (Å²) in [6.45, 7) is 1.14. The lowest BCUT2D eigenvalue weighted by atomic mass is 10.1. The molecule has 3 aromatic rings. The average molecular weight is 338 g/mol. The quantitative estimate of drug-likeness (QED) is 0.716. The zero-order valence-electron chi connectivity index (χ0n) is 14.3. The molecule has 0 saturated heterocycles. The molecule has 0 spiro atoms. The van der Waals surface area contributed by atoms with Crippen LogP contribution in [-0.4, -0.2) is 29.0 Å². The van der Waals surface area contributed by atoms with Crippen molar-refractivity contribution in [1.82, 2.24) is 9.47 Å². The van der Waals surface area contributed by atoms with Crippen molar-refractivity contribution in [3.63, 3.8) is 0 Å². The molecule has 0 bridgehead atoms. The fourth-order valence-electron chi connectivity index (χ4n) is 3.64. The molecule has 4 rings (SSSR count). The van der Waals surface area contributed by atoms with Crippen molar-refractivity contribution >= 4 is 16.8 Å². The summed E-state index contributed by atoms with van der Waals surface area (Å²) >= 11 is 0. The largest absolute Gasteiger partial charge is 0.494 e. The van der Waals surface area contributed by atoms with Crippen molar-refractivity contribution in [2.24, 2.45) is 7.05 Å². The number of benzene rings is 2. The van der Waals surface area contributed by atoms with E-state index >= 15 is 0 Å². The molecule has 0 aliphatic carbocycles. The first-order valence-electron chi connectivity index (χ1n) is 8.27. The topological polar surface area (TPSA) is 34.5 Å². The first kappa shape index (κ1) is 15.7. The van der Waals surface area contributed by atoms with E-state index in [1.165, 1.54) is 35.7 Å². The first-order valence-corrected chi connectivity index (χ1v) is 8.27. The van der Waals surface area contributed by atoms with Gasteiger partial charge in [0.05, 0.1) is 7.11 Å². The predicted octanol–water partition coefficient (Wildman–Crippen LogP) is 3.52. The van der Waals surface area contributed by atoms with E-state index in [4.69, 9.17) is 4.74 Å². The van der Waals surface area contributed by atoms with Gasteiger partial charge in [-0.1, -0.05) is 12.1 Å². The summed E-state index contributed by atoms with van der Waals surface area (Å²) in [5, 5.41) is 1.24. The van der Waals surface area contributed by atoms with E-state index in [2.05, 4.69) is 22.9 Å². The number of halogens is 1. The van der Waals surface area contributed by atoms with Gasteiger partial charge in [0.1, 0.15) is 0 Å². The van der Waals surface area contributed by atoms with Gasteiger partial charge in [-0.3, -0.25) is 4.79 Å². The zero-order chi connectivity index (χ0) is 17.6. The summed E-state index contributed by atoms with van der Waals surface area (Å²) < 4.78 is 21.0. The smallest absolute Gasteiger partial charge is 0.254 e. The van der Waals surface area contributed by atoms with Crippen LogP contribution in [0, 0.1) is 5.82 Å². The Labute approximate surface area is 145 Å². The number of methoxy groups -OCH3 is 1. The van der Waals surface area contributed by atoms with Crippen LogP contribution in [0.3, 0.4) is 0 Å². The summed E-state index contributed by atoms with van der Waals surface area (Å²) in [6, 6.07) is 10.5. The summed E-state index contributed by atoms with van der Waals surface area (Å²) in [7, 11) is 3.45. The molecule has 0 saturated carbocycles. The fraction of sp³-hybridized carbons (Fsp3) is 0.250. The molecule has 0 N–H and O–H groups in total. The molecule has 1 aromatic heterocycles. The molecule has 1 amide bonds. The Hall–Kier alpha value is -2.82. The molecule has 25 heavy (non-hydrogen) atoms. The lowest BCUT2D eigenvalue weighted by Gasteiger charge is -2.21. The number of carbonyl (C=O) groups is 1. The van der Waals surface area contributed by atoms with Gasteiger partial charge in [-0.05, 0) is 41.8 Å². The Bertz CT molecular complexity index is 977. The minimum atomic E-state index is -0.519. The Morgan fingerprint density at radius 2 is 2.04 bits per heavy atom.